The van der Waals surface area contributed by atoms with Gasteiger partial charge in [-0.2, -0.15) is 0 Å². The van der Waals surface area contributed by atoms with Crippen molar-refractivity contribution in [3.05, 3.63) is 16.3 Å². The first-order valence-electron chi connectivity index (χ1n) is 6.86. The number of carboxylic acids is 1. The van der Waals surface area contributed by atoms with E-state index in [0.717, 1.165) is 12.8 Å². The van der Waals surface area contributed by atoms with Crippen LogP contribution >= 0.6 is 11.3 Å². The Balaban J connectivity index is 2.08. The van der Waals surface area contributed by atoms with Crippen LogP contribution in [0.2, 0.25) is 0 Å². The minimum Gasteiger partial charge on any atom is -0.495 e. The molecule has 0 aliphatic carbocycles. The van der Waals surface area contributed by atoms with Crippen LogP contribution in [-0.4, -0.2) is 54.8 Å². The van der Waals surface area contributed by atoms with Gasteiger partial charge in [0.15, 0.2) is 0 Å². The van der Waals surface area contributed by atoms with Crippen molar-refractivity contribution in [1.82, 2.24) is 4.90 Å². The number of aliphatic carboxylic acids is 1. The Bertz CT molecular complexity index is 495. The van der Waals surface area contributed by atoms with Crippen molar-refractivity contribution in [3.63, 3.8) is 0 Å². The van der Waals surface area contributed by atoms with E-state index in [1.165, 1.54) is 18.4 Å². The van der Waals surface area contributed by atoms with Gasteiger partial charge < -0.3 is 19.5 Å². The SMILES string of the molecule is COc1ccsc1C(=O)N(CCC(=O)O)C[C@H]1CCCO1. The molecule has 21 heavy (non-hydrogen) atoms. The lowest BCUT2D eigenvalue weighted by Crippen LogP contribution is -2.38. The normalized spacial score (nSPS) is 17.7. The van der Waals surface area contributed by atoms with Gasteiger partial charge in [-0.3, -0.25) is 9.59 Å². The van der Waals surface area contributed by atoms with Crippen molar-refractivity contribution >= 4 is 23.2 Å². The topological polar surface area (TPSA) is 76.1 Å². The fourth-order valence-corrected chi connectivity index (χ4v) is 3.12. The third-order valence-electron chi connectivity index (χ3n) is 3.37. The quantitative estimate of drug-likeness (QED) is 0.831. The van der Waals surface area contributed by atoms with E-state index in [-0.39, 0.29) is 25.0 Å². The van der Waals surface area contributed by atoms with Crippen LogP contribution in [0.15, 0.2) is 11.4 Å². The van der Waals surface area contributed by atoms with E-state index in [9.17, 15) is 9.59 Å². The molecule has 116 valence electrons. The van der Waals surface area contributed by atoms with E-state index in [2.05, 4.69) is 0 Å². The zero-order valence-electron chi connectivity index (χ0n) is 11.9. The van der Waals surface area contributed by atoms with Crippen LogP contribution in [-0.2, 0) is 9.53 Å². The van der Waals surface area contributed by atoms with E-state index < -0.39 is 5.97 Å². The molecule has 2 rings (SSSR count). The zero-order chi connectivity index (χ0) is 15.2. The van der Waals surface area contributed by atoms with Gasteiger partial charge in [0.2, 0.25) is 0 Å². The average molecular weight is 313 g/mol. The lowest BCUT2D eigenvalue weighted by Gasteiger charge is -2.24. The van der Waals surface area contributed by atoms with Crippen molar-refractivity contribution in [2.45, 2.75) is 25.4 Å². The van der Waals surface area contributed by atoms with E-state index in [1.807, 2.05) is 0 Å². The predicted molar refractivity (Wildman–Crippen MR) is 78.0 cm³/mol. The first-order chi connectivity index (χ1) is 10.1. The molecular weight excluding hydrogens is 294 g/mol. The zero-order valence-corrected chi connectivity index (χ0v) is 12.7. The van der Waals surface area contributed by atoms with Crippen LogP contribution in [0.4, 0.5) is 0 Å². The summed E-state index contributed by atoms with van der Waals surface area (Å²) in [6.45, 7) is 1.30. The highest BCUT2D eigenvalue weighted by Gasteiger charge is 2.26. The number of thiophene rings is 1. The van der Waals surface area contributed by atoms with Crippen molar-refractivity contribution in [1.29, 1.82) is 0 Å². The molecule has 1 aliphatic rings. The maximum Gasteiger partial charge on any atom is 0.305 e. The van der Waals surface area contributed by atoms with Gasteiger partial charge in [0.05, 0.1) is 19.6 Å². The second-order valence-corrected chi connectivity index (χ2v) is 5.76. The number of carbonyl (C=O) groups is 2. The molecule has 1 aliphatic heterocycles. The molecule has 0 spiro atoms. The molecule has 0 unspecified atom stereocenters. The molecule has 7 heteroatoms. The van der Waals surface area contributed by atoms with E-state index in [0.29, 0.717) is 23.8 Å². The Morgan fingerprint density at radius 1 is 1.57 bits per heavy atom. The molecule has 2 heterocycles. The molecule has 0 bridgehead atoms. The second kappa shape index (κ2) is 7.42. The minimum atomic E-state index is -0.918. The minimum absolute atomic E-state index is 0.00583. The highest BCUT2D eigenvalue weighted by molar-refractivity contribution is 7.12. The van der Waals surface area contributed by atoms with Gasteiger partial charge in [0.25, 0.3) is 5.91 Å². The van der Waals surface area contributed by atoms with Gasteiger partial charge in [-0.25, -0.2) is 0 Å². The van der Waals surface area contributed by atoms with E-state index >= 15 is 0 Å². The molecule has 6 nitrogen and oxygen atoms in total. The number of carbonyl (C=O) groups excluding carboxylic acids is 1. The number of amides is 1. The third kappa shape index (κ3) is 4.18. The standard InChI is InChI=1S/C14H19NO5S/c1-19-11-5-8-21-13(11)14(18)15(6-4-12(16)17)9-10-3-2-7-20-10/h5,8,10H,2-4,6-7,9H2,1H3,(H,16,17)/t10-/m1/s1. The number of hydrogen-bond donors (Lipinski definition) is 1. The summed E-state index contributed by atoms with van der Waals surface area (Å²) < 4.78 is 10.7. The summed E-state index contributed by atoms with van der Waals surface area (Å²) in [7, 11) is 1.51. The molecule has 0 aromatic carbocycles. The number of methoxy groups -OCH3 is 1. The number of carboxylic acid groups (broad SMARTS) is 1. The molecule has 1 N–H and O–H groups in total. The molecule has 1 aromatic rings. The fourth-order valence-electron chi connectivity index (χ4n) is 2.30. The Morgan fingerprint density at radius 2 is 2.38 bits per heavy atom. The Kier molecular flexibility index (Phi) is 5.58. The van der Waals surface area contributed by atoms with Crippen molar-refractivity contribution in [2.24, 2.45) is 0 Å². The van der Waals surface area contributed by atoms with Gasteiger partial charge in [0.1, 0.15) is 10.6 Å². The number of rotatable bonds is 7. The number of ether oxygens (including phenoxy) is 2. The molecular formula is C14H19NO5S. The summed E-state index contributed by atoms with van der Waals surface area (Å²) in [4.78, 5) is 25.4. The van der Waals surface area contributed by atoms with Crippen LogP contribution in [0, 0.1) is 0 Å². The number of hydrogen-bond acceptors (Lipinski definition) is 5. The predicted octanol–water partition coefficient (Wildman–Crippen LogP) is 1.85. The van der Waals surface area contributed by atoms with Gasteiger partial charge in [-0.05, 0) is 24.3 Å². The second-order valence-electron chi connectivity index (χ2n) is 4.85. The van der Waals surface area contributed by atoms with E-state index in [4.69, 9.17) is 14.6 Å². The summed E-state index contributed by atoms with van der Waals surface area (Å²) in [5.74, 6) is -0.588. The van der Waals surface area contributed by atoms with Crippen LogP contribution in [0.25, 0.3) is 0 Å². The summed E-state index contributed by atoms with van der Waals surface area (Å²) in [5, 5.41) is 10.6. The Hall–Kier alpha value is -1.60. The Labute approximate surface area is 127 Å². The van der Waals surface area contributed by atoms with Crippen LogP contribution in [0.5, 0.6) is 5.75 Å². The maximum atomic E-state index is 12.6. The monoisotopic (exact) mass is 313 g/mol. The fraction of sp³-hybridized carbons (Fsp3) is 0.571. The first-order valence-corrected chi connectivity index (χ1v) is 7.74. The third-order valence-corrected chi connectivity index (χ3v) is 4.26. The van der Waals surface area contributed by atoms with Crippen LogP contribution in [0.1, 0.15) is 28.9 Å². The first kappa shape index (κ1) is 15.8. The van der Waals surface area contributed by atoms with Gasteiger partial charge in [0, 0.05) is 19.7 Å². The average Bonchev–Trinajstić information content (AvgIpc) is 3.13. The molecule has 1 amide bonds. The van der Waals surface area contributed by atoms with Crippen molar-refractivity contribution < 1.29 is 24.2 Å². The number of nitrogens with zero attached hydrogens (tertiary/aromatic N) is 1. The van der Waals surface area contributed by atoms with Gasteiger partial charge in [-0.1, -0.05) is 0 Å². The molecule has 1 atom stereocenters. The summed E-state index contributed by atoms with van der Waals surface area (Å²) in [6.07, 6.45) is 1.80. The highest BCUT2D eigenvalue weighted by Crippen LogP contribution is 2.26. The molecule has 0 radical (unpaired) electrons. The lowest BCUT2D eigenvalue weighted by molar-refractivity contribution is -0.137. The van der Waals surface area contributed by atoms with Crippen molar-refractivity contribution in [3.8, 4) is 5.75 Å². The summed E-state index contributed by atoms with van der Waals surface area (Å²) >= 11 is 1.30. The maximum absolute atomic E-state index is 12.6. The van der Waals surface area contributed by atoms with Crippen molar-refractivity contribution in [2.75, 3.05) is 26.8 Å². The largest absolute Gasteiger partial charge is 0.495 e. The summed E-state index contributed by atoms with van der Waals surface area (Å²) in [6, 6.07) is 1.74. The molecule has 1 saturated heterocycles. The highest BCUT2D eigenvalue weighted by atomic mass is 32.1. The van der Waals surface area contributed by atoms with Gasteiger partial charge >= 0.3 is 5.97 Å². The van der Waals surface area contributed by atoms with Gasteiger partial charge in [-0.15, -0.1) is 11.3 Å². The lowest BCUT2D eigenvalue weighted by atomic mass is 10.2. The molecule has 1 fully saturated rings. The molecule has 0 saturated carbocycles. The Morgan fingerprint density at radius 3 is 3.00 bits per heavy atom. The summed E-state index contributed by atoms with van der Waals surface area (Å²) in [5.41, 5.74) is 0. The smallest absolute Gasteiger partial charge is 0.305 e. The molecule has 1 aromatic heterocycles. The van der Waals surface area contributed by atoms with Crippen LogP contribution in [0.3, 0.4) is 0 Å². The van der Waals surface area contributed by atoms with E-state index in [1.54, 1.807) is 16.3 Å². The van der Waals surface area contributed by atoms with Crippen LogP contribution < -0.4 is 4.74 Å².